The molecule has 2 amide bonds. The van der Waals surface area contributed by atoms with E-state index in [0.717, 1.165) is 17.3 Å². The predicted octanol–water partition coefficient (Wildman–Crippen LogP) is 3.76. The van der Waals surface area contributed by atoms with Crippen LogP contribution in [0.2, 0.25) is 0 Å². The topological polar surface area (TPSA) is 67.2 Å². The van der Waals surface area contributed by atoms with Gasteiger partial charge in [-0.1, -0.05) is 6.07 Å². The number of halogens is 3. The minimum Gasteiger partial charge on any atom is -0.355 e. The van der Waals surface area contributed by atoms with Crippen molar-refractivity contribution in [2.75, 3.05) is 19.6 Å². The van der Waals surface area contributed by atoms with Gasteiger partial charge in [-0.05, 0) is 44.6 Å². The van der Waals surface area contributed by atoms with Crippen LogP contribution in [0, 0.1) is 5.92 Å². The summed E-state index contributed by atoms with van der Waals surface area (Å²) in [4.78, 5) is 27.7. The lowest BCUT2D eigenvalue weighted by molar-refractivity contribution is -0.145. The maximum absolute atomic E-state index is 13.5. The third-order valence-electron chi connectivity index (χ3n) is 5.19. The molecule has 30 heavy (non-hydrogen) atoms. The number of nitrogens with one attached hydrogen (secondary N) is 1. The van der Waals surface area contributed by atoms with Crippen LogP contribution in [0.15, 0.2) is 23.7 Å². The van der Waals surface area contributed by atoms with Gasteiger partial charge in [0.1, 0.15) is 0 Å². The van der Waals surface area contributed by atoms with Crippen molar-refractivity contribution in [1.82, 2.24) is 20.0 Å². The molecule has 3 rings (SSSR count). The standard InChI is InChI=1S/C20H25F3N4O2S/c1-13(2)27-17(20(21,22)23)16(12-25-27)19(29)26-9-6-14(7-10-26)18(28)24-8-5-15-4-3-11-30-15/h3-4,11-14H,5-10H2,1-2H3,(H,24,28). The molecule has 0 spiro atoms. The molecule has 1 aliphatic rings. The first-order valence-electron chi connectivity index (χ1n) is 9.92. The Hall–Kier alpha value is -2.36. The second-order valence-corrected chi connectivity index (χ2v) is 8.66. The number of nitrogens with zero attached hydrogens (tertiary/aromatic N) is 3. The van der Waals surface area contributed by atoms with Crippen molar-refractivity contribution in [3.05, 3.63) is 39.8 Å². The number of amides is 2. The summed E-state index contributed by atoms with van der Waals surface area (Å²) in [6, 6.07) is 3.45. The normalized spacial score (nSPS) is 15.6. The maximum Gasteiger partial charge on any atom is 0.433 e. The highest BCUT2D eigenvalue weighted by molar-refractivity contribution is 7.09. The Labute approximate surface area is 177 Å². The predicted molar refractivity (Wildman–Crippen MR) is 107 cm³/mol. The second kappa shape index (κ2) is 9.20. The number of alkyl halides is 3. The molecule has 0 radical (unpaired) electrons. The summed E-state index contributed by atoms with van der Waals surface area (Å²) in [5, 5.41) is 8.68. The van der Waals surface area contributed by atoms with Gasteiger partial charge in [-0.3, -0.25) is 14.3 Å². The number of hydrogen-bond donors (Lipinski definition) is 1. The zero-order valence-electron chi connectivity index (χ0n) is 16.9. The van der Waals surface area contributed by atoms with Crippen LogP contribution >= 0.6 is 11.3 Å². The molecule has 10 heteroatoms. The number of hydrogen-bond acceptors (Lipinski definition) is 4. The van der Waals surface area contributed by atoms with Crippen LogP contribution in [0.25, 0.3) is 0 Å². The molecule has 1 N–H and O–H groups in total. The smallest absolute Gasteiger partial charge is 0.355 e. The van der Waals surface area contributed by atoms with Crippen LogP contribution < -0.4 is 5.32 Å². The lowest BCUT2D eigenvalue weighted by Gasteiger charge is -2.31. The number of thiophene rings is 1. The number of carbonyl (C=O) groups is 2. The van der Waals surface area contributed by atoms with Gasteiger partial charge in [0.15, 0.2) is 5.69 Å². The minimum atomic E-state index is -4.67. The number of aromatic nitrogens is 2. The molecule has 1 fully saturated rings. The van der Waals surface area contributed by atoms with Gasteiger partial charge in [0.25, 0.3) is 5.91 Å². The van der Waals surface area contributed by atoms with Gasteiger partial charge < -0.3 is 10.2 Å². The van der Waals surface area contributed by atoms with E-state index in [1.165, 1.54) is 9.78 Å². The third-order valence-corrected chi connectivity index (χ3v) is 6.12. The first-order chi connectivity index (χ1) is 14.2. The van der Waals surface area contributed by atoms with Crippen molar-refractivity contribution >= 4 is 23.2 Å². The Balaban J connectivity index is 1.57. The molecule has 0 aromatic carbocycles. The molecule has 0 bridgehead atoms. The average Bonchev–Trinajstić information content (AvgIpc) is 3.37. The van der Waals surface area contributed by atoms with Crippen LogP contribution in [0.3, 0.4) is 0 Å². The van der Waals surface area contributed by atoms with E-state index in [4.69, 9.17) is 0 Å². The molecule has 2 aromatic heterocycles. The Kier molecular flexibility index (Phi) is 6.84. The fraction of sp³-hybridized carbons (Fsp3) is 0.550. The van der Waals surface area contributed by atoms with Crippen LogP contribution in [0.1, 0.15) is 53.7 Å². The minimum absolute atomic E-state index is 0.0673. The highest BCUT2D eigenvalue weighted by atomic mass is 32.1. The Bertz CT molecular complexity index is 869. The van der Waals surface area contributed by atoms with Crippen molar-refractivity contribution < 1.29 is 22.8 Å². The summed E-state index contributed by atoms with van der Waals surface area (Å²) in [5.41, 5.74) is -1.45. The lowest BCUT2D eigenvalue weighted by Crippen LogP contribution is -2.43. The molecule has 0 saturated carbocycles. The highest BCUT2D eigenvalue weighted by Crippen LogP contribution is 2.34. The Morgan fingerprint density at radius 2 is 2.00 bits per heavy atom. The van der Waals surface area contributed by atoms with Crippen LogP contribution in [-0.2, 0) is 17.4 Å². The van der Waals surface area contributed by atoms with Gasteiger partial charge in [-0.2, -0.15) is 18.3 Å². The third kappa shape index (κ3) is 5.03. The van der Waals surface area contributed by atoms with Gasteiger partial charge in [-0.25, -0.2) is 0 Å². The van der Waals surface area contributed by atoms with Crippen molar-refractivity contribution in [2.45, 2.75) is 45.3 Å². The first-order valence-corrected chi connectivity index (χ1v) is 10.8. The van der Waals surface area contributed by atoms with Crippen molar-refractivity contribution in [2.24, 2.45) is 5.92 Å². The fourth-order valence-corrected chi connectivity index (χ4v) is 4.33. The monoisotopic (exact) mass is 442 g/mol. The number of carbonyl (C=O) groups excluding carboxylic acids is 2. The number of rotatable bonds is 6. The molecular weight excluding hydrogens is 417 g/mol. The molecule has 0 unspecified atom stereocenters. The summed E-state index contributed by atoms with van der Waals surface area (Å²) in [6.07, 6.45) is -2.06. The molecular formula is C20H25F3N4O2S. The van der Waals surface area contributed by atoms with Crippen molar-refractivity contribution in [3.8, 4) is 0 Å². The number of likely N-dealkylation sites (tertiary alicyclic amines) is 1. The molecule has 164 valence electrons. The van der Waals surface area contributed by atoms with Crippen LogP contribution in [0.4, 0.5) is 13.2 Å². The SMILES string of the molecule is CC(C)n1ncc(C(=O)N2CCC(C(=O)NCCc3cccs3)CC2)c1C(F)(F)F. The lowest BCUT2D eigenvalue weighted by atomic mass is 9.95. The van der Waals surface area contributed by atoms with Gasteiger partial charge in [0.2, 0.25) is 5.91 Å². The van der Waals surface area contributed by atoms with E-state index in [2.05, 4.69) is 10.4 Å². The van der Waals surface area contributed by atoms with E-state index in [-0.39, 0.29) is 24.9 Å². The maximum atomic E-state index is 13.5. The molecule has 1 saturated heterocycles. The summed E-state index contributed by atoms with van der Waals surface area (Å²) >= 11 is 1.64. The van der Waals surface area contributed by atoms with Crippen molar-refractivity contribution in [3.63, 3.8) is 0 Å². The van der Waals surface area contributed by atoms with E-state index in [1.54, 1.807) is 25.2 Å². The Morgan fingerprint density at radius 1 is 1.30 bits per heavy atom. The first kappa shape index (κ1) is 22.3. The van der Waals surface area contributed by atoms with Crippen molar-refractivity contribution in [1.29, 1.82) is 0 Å². The largest absolute Gasteiger partial charge is 0.433 e. The Morgan fingerprint density at radius 3 is 2.57 bits per heavy atom. The van der Waals surface area contributed by atoms with Gasteiger partial charge in [-0.15, -0.1) is 11.3 Å². The van der Waals surface area contributed by atoms with E-state index >= 15 is 0 Å². The molecule has 2 aromatic rings. The van der Waals surface area contributed by atoms with Gasteiger partial charge >= 0.3 is 6.18 Å². The molecule has 6 nitrogen and oxygen atoms in total. The molecule has 0 aliphatic carbocycles. The zero-order chi connectivity index (χ0) is 21.9. The molecule has 1 aliphatic heterocycles. The van der Waals surface area contributed by atoms with Gasteiger partial charge in [0, 0.05) is 36.5 Å². The van der Waals surface area contributed by atoms with E-state index in [9.17, 15) is 22.8 Å². The average molecular weight is 443 g/mol. The van der Waals surface area contributed by atoms with E-state index in [1.807, 2.05) is 17.5 Å². The fourth-order valence-electron chi connectivity index (χ4n) is 3.62. The zero-order valence-corrected chi connectivity index (χ0v) is 17.7. The highest BCUT2D eigenvalue weighted by Gasteiger charge is 2.42. The van der Waals surface area contributed by atoms with Gasteiger partial charge in [0.05, 0.1) is 11.8 Å². The van der Waals surface area contributed by atoms with Crippen LogP contribution in [-0.4, -0.2) is 46.1 Å². The summed E-state index contributed by atoms with van der Waals surface area (Å²) in [5.74, 6) is -0.995. The van der Waals surface area contributed by atoms with E-state index < -0.39 is 29.4 Å². The quantitative estimate of drug-likeness (QED) is 0.741. The summed E-state index contributed by atoms with van der Waals surface area (Å²) in [6.45, 7) is 4.19. The van der Waals surface area contributed by atoms with E-state index in [0.29, 0.717) is 19.4 Å². The summed E-state index contributed by atoms with van der Waals surface area (Å²) < 4.78 is 41.4. The molecule has 0 atom stereocenters. The summed E-state index contributed by atoms with van der Waals surface area (Å²) in [7, 11) is 0. The number of piperidine rings is 1. The second-order valence-electron chi connectivity index (χ2n) is 7.63. The molecule has 3 heterocycles. The van der Waals surface area contributed by atoms with Crippen LogP contribution in [0.5, 0.6) is 0 Å².